The summed E-state index contributed by atoms with van der Waals surface area (Å²) in [6.07, 6.45) is 3.79. The molecule has 0 spiro atoms. The summed E-state index contributed by atoms with van der Waals surface area (Å²) in [6, 6.07) is 0. The van der Waals surface area contributed by atoms with Crippen LogP contribution < -0.4 is 0 Å². The summed E-state index contributed by atoms with van der Waals surface area (Å²) in [6.45, 7) is 0. The van der Waals surface area contributed by atoms with Gasteiger partial charge in [-0.05, 0) is 17.1 Å². The Labute approximate surface area is 59.3 Å². The van der Waals surface area contributed by atoms with Gasteiger partial charge in [0, 0.05) is 5.92 Å². The van der Waals surface area contributed by atoms with Crippen LogP contribution in [-0.2, 0) is 0 Å². The molecule has 1 saturated heterocycles. The van der Waals surface area contributed by atoms with Gasteiger partial charge in [0.1, 0.15) is 0 Å². The molecule has 0 amide bonds. The van der Waals surface area contributed by atoms with E-state index in [0.717, 1.165) is 5.92 Å². The highest BCUT2D eigenvalue weighted by Crippen LogP contribution is 2.48. The Balaban J connectivity index is 0.000000120. The van der Waals surface area contributed by atoms with Gasteiger partial charge in [0.25, 0.3) is 0 Å². The highest BCUT2D eigenvalue weighted by atomic mass is 32.2. The van der Waals surface area contributed by atoms with Gasteiger partial charge in [-0.3, -0.25) is 0 Å². The van der Waals surface area contributed by atoms with Crippen molar-refractivity contribution in [3.05, 3.63) is 11.0 Å². The number of rotatable bonds is 0. The fraction of sp³-hybridized carbons (Fsp3) is 0.600. The molecule has 9 heavy (non-hydrogen) atoms. The monoisotopic (exact) mass is 144 g/mol. The van der Waals surface area contributed by atoms with Crippen LogP contribution in [0, 0.1) is 5.92 Å². The highest BCUT2D eigenvalue weighted by molar-refractivity contribution is 8.03. The lowest BCUT2D eigenvalue weighted by atomic mass is 10.3. The molecule has 1 unspecified atom stereocenters. The minimum atomic E-state index is -0.750. The first-order valence-electron chi connectivity index (χ1n) is 2.94. The fourth-order valence-corrected chi connectivity index (χ4v) is 2.03. The number of allylic oxidation sites excluding steroid dienone is 2. The molecule has 2 aliphatic rings. The predicted molar refractivity (Wildman–Crippen MR) is 40.2 cm³/mol. The Hall–Kier alpha value is 0.0749. The molecule has 0 aromatic heterocycles. The molecule has 50 valence electrons. The molecular weight excluding hydrogens is 135 g/mol. The summed E-state index contributed by atoms with van der Waals surface area (Å²) in [7, 11) is -0.750. The lowest BCUT2D eigenvalue weighted by molar-refractivity contribution is 0.448. The molecular formula is C5H9BO2S. The Kier molecular flexibility index (Phi) is 2.63. The zero-order chi connectivity index (χ0) is 6.69. The molecule has 1 fully saturated rings. The quantitative estimate of drug-likeness (QED) is 0.465. The third-order valence-corrected chi connectivity index (χ3v) is 2.53. The van der Waals surface area contributed by atoms with Crippen LogP contribution in [0.25, 0.3) is 0 Å². The zero-order valence-corrected chi connectivity index (χ0v) is 5.90. The van der Waals surface area contributed by atoms with Crippen LogP contribution in [0.15, 0.2) is 11.0 Å². The first-order chi connectivity index (χ1) is 4.38. The average Bonchev–Trinajstić information content (AvgIpc) is 2.43. The number of hydrogen-bond acceptors (Lipinski definition) is 3. The maximum atomic E-state index is 7.12. The van der Waals surface area contributed by atoms with E-state index in [4.69, 9.17) is 10.0 Å². The summed E-state index contributed by atoms with van der Waals surface area (Å²) in [5, 5.41) is 14.2. The number of hydrogen-bond donors (Lipinski definition) is 2. The van der Waals surface area contributed by atoms with E-state index in [0.29, 0.717) is 0 Å². The van der Waals surface area contributed by atoms with Crippen molar-refractivity contribution in [1.29, 1.82) is 0 Å². The zero-order valence-electron chi connectivity index (χ0n) is 5.08. The third kappa shape index (κ3) is 2.04. The first kappa shape index (κ1) is 7.19. The van der Waals surface area contributed by atoms with E-state index in [1.807, 2.05) is 11.8 Å². The van der Waals surface area contributed by atoms with Crippen LogP contribution in [0.4, 0.5) is 0 Å². The Morgan fingerprint density at radius 2 is 2.33 bits per heavy atom. The molecule has 0 aromatic rings. The standard InChI is InChI=1S/C5H6S.BH3O2/c1-2-6-5-3-4(1)5;2-1-3/h3-4H,1-2H2;1-3H. The Bertz CT molecular complexity index is 126. The van der Waals surface area contributed by atoms with E-state index < -0.39 is 7.69 Å². The molecule has 2 rings (SSSR count). The van der Waals surface area contributed by atoms with Crippen molar-refractivity contribution in [1.82, 2.24) is 0 Å². The SMILES string of the molecule is C1=C2SCCC12.OBO. The van der Waals surface area contributed by atoms with E-state index in [1.165, 1.54) is 12.2 Å². The molecule has 4 heteroatoms. The smallest absolute Gasteiger partial charge is 0.430 e. The fourth-order valence-electron chi connectivity index (χ4n) is 0.835. The van der Waals surface area contributed by atoms with Gasteiger partial charge in [-0.1, -0.05) is 6.08 Å². The van der Waals surface area contributed by atoms with Crippen LogP contribution in [0.5, 0.6) is 0 Å². The average molecular weight is 144 g/mol. The molecule has 0 radical (unpaired) electrons. The van der Waals surface area contributed by atoms with Gasteiger partial charge in [0.2, 0.25) is 0 Å². The second-order valence-corrected chi connectivity index (χ2v) is 3.12. The summed E-state index contributed by atoms with van der Waals surface area (Å²) < 4.78 is 0. The highest BCUT2D eigenvalue weighted by Gasteiger charge is 2.29. The van der Waals surface area contributed by atoms with Gasteiger partial charge in [0.05, 0.1) is 0 Å². The molecule has 0 bridgehead atoms. The third-order valence-electron chi connectivity index (χ3n) is 1.32. The van der Waals surface area contributed by atoms with Gasteiger partial charge in [-0.15, -0.1) is 11.8 Å². The van der Waals surface area contributed by atoms with Crippen molar-refractivity contribution in [3.63, 3.8) is 0 Å². The van der Waals surface area contributed by atoms with Crippen LogP contribution in [-0.4, -0.2) is 23.5 Å². The molecule has 1 heterocycles. The molecule has 0 aromatic carbocycles. The Morgan fingerprint density at radius 1 is 1.67 bits per heavy atom. The van der Waals surface area contributed by atoms with Gasteiger partial charge in [-0.25, -0.2) is 0 Å². The Morgan fingerprint density at radius 3 is 2.44 bits per heavy atom. The minimum Gasteiger partial charge on any atom is -0.430 e. The summed E-state index contributed by atoms with van der Waals surface area (Å²) in [5.41, 5.74) is 0. The second kappa shape index (κ2) is 3.30. The van der Waals surface area contributed by atoms with Crippen molar-refractivity contribution >= 4 is 19.4 Å². The van der Waals surface area contributed by atoms with E-state index in [1.54, 1.807) is 4.91 Å². The molecule has 1 atom stereocenters. The lowest BCUT2D eigenvalue weighted by Crippen LogP contribution is -1.75. The van der Waals surface area contributed by atoms with Crippen molar-refractivity contribution in [2.75, 3.05) is 5.75 Å². The van der Waals surface area contributed by atoms with Crippen molar-refractivity contribution < 1.29 is 10.0 Å². The van der Waals surface area contributed by atoms with Crippen LogP contribution in [0.2, 0.25) is 0 Å². The van der Waals surface area contributed by atoms with Crippen LogP contribution in [0.3, 0.4) is 0 Å². The van der Waals surface area contributed by atoms with Crippen LogP contribution in [0.1, 0.15) is 6.42 Å². The maximum absolute atomic E-state index is 7.12. The van der Waals surface area contributed by atoms with Crippen molar-refractivity contribution in [3.8, 4) is 0 Å². The van der Waals surface area contributed by atoms with Gasteiger partial charge < -0.3 is 10.0 Å². The normalized spacial score (nSPS) is 27.3. The van der Waals surface area contributed by atoms with E-state index in [9.17, 15) is 0 Å². The van der Waals surface area contributed by atoms with Gasteiger partial charge in [-0.2, -0.15) is 0 Å². The summed E-state index contributed by atoms with van der Waals surface area (Å²) in [5.74, 6) is 2.35. The largest absolute Gasteiger partial charge is 0.432 e. The van der Waals surface area contributed by atoms with Crippen molar-refractivity contribution in [2.45, 2.75) is 6.42 Å². The van der Waals surface area contributed by atoms with E-state index in [-0.39, 0.29) is 0 Å². The van der Waals surface area contributed by atoms with E-state index >= 15 is 0 Å². The number of fused-ring (bicyclic) bond motifs is 1. The predicted octanol–water partition coefficient (Wildman–Crippen LogP) is -0.126. The molecule has 2 N–H and O–H groups in total. The molecule has 0 saturated carbocycles. The summed E-state index contributed by atoms with van der Waals surface area (Å²) in [4.78, 5) is 1.66. The minimum absolute atomic E-state index is 0.750. The maximum Gasteiger partial charge on any atom is 0.432 e. The lowest BCUT2D eigenvalue weighted by Gasteiger charge is -1.76. The number of thioether (sulfide) groups is 1. The van der Waals surface area contributed by atoms with Gasteiger partial charge >= 0.3 is 7.69 Å². The second-order valence-electron chi connectivity index (χ2n) is 1.95. The summed E-state index contributed by atoms with van der Waals surface area (Å²) >= 11 is 2.03. The topological polar surface area (TPSA) is 40.5 Å². The first-order valence-corrected chi connectivity index (χ1v) is 3.93. The van der Waals surface area contributed by atoms with Crippen LogP contribution >= 0.6 is 11.8 Å². The van der Waals surface area contributed by atoms with Gasteiger partial charge in [0.15, 0.2) is 0 Å². The molecule has 1 aliphatic carbocycles. The molecule has 1 aliphatic heterocycles. The molecule has 2 nitrogen and oxygen atoms in total. The van der Waals surface area contributed by atoms with Crippen molar-refractivity contribution in [2.24, 2.45) is 5.92 Å². The van der Waals surface area contributed by atoms with E-state index in [2.05, 4.69) is 6.08 Å².